The predicted molar refractivity (Wildman–Crippen MR) is 72.2 cm³/mol. The van der Waals surface area contributed by atoms with Crippen molar-refractivity contribution in [1.29, 1.82) is 0 Å². The van der Waals surface area contributed by atoms with Crippen LogP contribution in [0.25, 0.3) is 0 Å². The van der Waals surface area contributed by atoms with Crippen LogP contribution in [0.4, 0.5) is 5.69 Å². The summed E-state index contributed by atoms with van der Waals surface area (Å²) in [5, 5.41) is 2.61. The van der Waals surface area contributed by atoms with Gasteiger partial charge in [0.15, 0.2) is 0 Å². The zero-order chi connectivity index (χ0) is 13.4. The van der Waals surface area contributed by atoms with Crippen molar-refractivity contribution in [1.82, 2.24) is 4.90 Å². The maximum atomic E-state index is 11.9. The lowest BCUT2D eigenvalue weighted by Crippen LogP contribution is -2.40. The van der Waals surface area contributed by atoms with Gasteiger partial charge < -0.3 is 10.2 Å². The molecule has 0 spiro atoms. The Morgan fingerprint density at radius 1 is 1.06 bits per heavy atom. The van der Waals surface area contributed by atoms with Crippen LogP contribution in [0, 0.1) is 0 Å². The Morgan fingerprint density at radius 2 is 1.61 bits per heavy atom. The molecule has 0 aliphatic heterocycles. The number of benzene rings is 1. The maximum Gasteiger partial charge on any atom is 0.313 e. The fraction of sp³-hybridized carbons (Fsp3) is 0.429. The monoisotopic (exact) mass is 248 g/mol. The summed E-state index contributed by atoms with van der Waals surface area (Å²) < 4.78 is 0. The molecular formula is C14H20N2O2. The minimum atomic E-state index is -0.567. The summed E-state index contributed by atoms with van der Waals surface area (Å²) >= 11 is 0. The minimum absolute atomic E-state index is 0.456. The van der Waals surface area contributed by atoms with Gasteiger partial charge in [-0.1, -0.05) is 32.0 Å². The number of anilines is 1. The maximum absolute atomic E-state index is 11.9. The van der Waals surface area contributed by atoms with E-state index in [1.165, 1.54) is 0 Å². The molecule has 2 amide bonds. The molecule has 4 heteroatoms. The number of amides is 2. The Labute approximate surface area is 108 Å². The summed E-state index contributed by atoms with van der Waals surface area (Å²) in [5.74, 6) is -1.02. The summed E-state index contributed by atoms with van der Waals surface area (Å²) in [6.45, 7) is 5.22. The van der Waals surface area contributed by atoms with Crippen molar-refractivity contribution in [3.8, 4) is 0 Å². The normalized spacial score (nSPS) is 9.89. The van der Waals surface area contributed by atoms with E-state index < -0.39 is 11.8 Å². The standard InChI is InChI=1S/C14H20N2O2/c1-3-10-16(11-4-2)14(18)13(17)15-12-8-6-5-7-9-12/h5-9H,3-4,10-11H2,1-2H3,(H,15,17). The molecule has 0 unspecified atom stereocenters. The van der Waals surface area contributed by atoms with Crippen LogP contribution < -0.4 is 5.32 Å². The minimum Gasteiger partial charge on any atom is -0.334 e. The number of nitrogens with zero attached hydrogens (tertiary/aromatic N) is 1. The summed E-state index contributed by atoms with van der Waals surface area (Å²) in [5.41, 5.74) is 0.642. The Balaban J connectivity index is 2.62. The second kappa shape index (κ2) is 7.48. The smallest absolute Gasteiger partial charge is 0.313 e. The van der Waals surface area contributed by atoms with Crippen molar-refractivity contribution >= 4 is 17.5 Å². The zero-order valence-electron chi connectivity index (χ0n) is 11.0. The van der Waals surface area contributed by atoms with Gasteiger partial charge in [0.2, 0.25) is 0 Å². The van der Waals surface area contributed by atoms with Crippen molar-refractivity contribution in [3.63, 3.8) is 0 Å². The first-order chi connectivity index (χ1) is 8.69. The summed E-state index contributed by atoms with van der Waals surface area (Å²) in [6, 6.07) is 9.01. The molecule has 0 saturated carbocycles. The van der Waals surface area contributed by atoms with Gasteiger partial charge in [0.1, 0.15) is 0 Å². The number of para-hydroxylation sites is 1. The van der Waals surface area contributed by atoms with Gasteiger partial charge in [0.25, 0.3) is 0 Å². The molecule has 0 aliphatic rings. The first kappa shape index (κ1) is 14.2. The largest absolute Gasteiger partial charge is 0.334 e. The average molecular weight is 248 g/mol. The van der Waals surface area contributed by atoms with E-state index in [4.69, 9.17) is 0 Å². The van der Waals surface area contributed by atoms with E-state index in [-0.39, 0.29) is 0 Å². The molecule has 0 aromatic heterocycles. The Hall–Kier alpha value is -1.84. The first-order valence-corrected chi connectivity index (χ1v) is 6.34. The highest BCUT2D eigenvalue weighted by atomic mass is 16.2. The van der Waals surface area contributed by atoms with Gasteiger partial charge in [0.05, 0.1) is 0 Å². The second-order valence-corrected chi connectivity index (χ2v) is 4.11. The molecule has 1 aromatic carbocycles. The number of rotatable bonds is 5. The average Bonchev–Trinajstić information content (AvgIpc) is 2.39. The van der Waals surface area contributed by atoms with Gasteiger partial charge in [0, 0.05) is 18.8 Å². The lowest BCUT2D eigenvalue weighted by Gasteiger charge is -2.20. The van der Waals surface area contributed by atoms with E-state index in [1.807, 2.05) is 32.0 Å². The van der Waals surface area contributed by atoms with Crippen molar-refractivity contribution in [2.75, 3.05) is 18.4 Å². The molecule has 1 rings (SSSR count). The highest BCUT2D eigenvalue weighted by Gasteiger charge is 2.20. The molecule has 0 atom stereocenters. The number of hydrogen-bond acceptors (Lipinski definition) is 2. The van der Waals surface area contributed by atoms with E-state index in [2.05, 4.69) is 5.32 Å². The van der Waals surface area contributed by atoms with E-state index in [0.29, 0.717) is 18.8 Å². The molecule has 0 heterocycles. The summed E-state index contributed by atoms with van der Waals surface area (Å²) in [7, 11) is 0. The van der Waals surface area contributed by atoms with Gasteiger partial charge >= 0.3 is 11.8 Å². The van der Waals surface area contributed by atoms with Gasteiger partial charge in [-0.05, 0) is 25.0 Å². The molecule has 1 N–H and O–H groups in total. The van der Waals surface area contributed by atoms with E-state index in [9.17, 15) is 9.59 Å². The van der Waals surface area contributed by atoms with Crippen molar-refractivity contribution in [3.05, 3.63) is 30.3 Å². The van der Waals surface area contributed by atoms with Crippen LogP contribution in [0.1, 0.15) is 26.7 Å². The lowest BCUT2D eigenvalue weighted by atomic mass is 10.3. The predicted octanol–water partition coefficient (Wildman–Crippen LogP) is 2.27. The van der Waals surface area contributed by atoms with E-state index in [0.717, 1.165) is 12.8 Å². The van der Waals surface area contributed by atoms with Crippen LogP contribution in [0.3, 0.4) is 0 Å². The molecule has 0 radical (unpaired) electrons. The molecule has 0 bridgehead atoms. The third-order valence-corrected chi connectivity index (χ3v) is 2.50. The number of hydrogen-bond donors (Lipinski definition) is 1. The molecule has 98 valence electrons. The zero-order valence-corrected chi connectivity index (χ0v) is 11.0. The van der Waals surface area contributed by atoms with E-state index >= 15 is 0 Å². The van der Waals surface area contributed by atoms with Crippen LogP contribution in [0.2, 0.25) is 0 Å². The Bertz CT molecular complexity index is 384. The highest BCUT2D eigenvalue weighted by molar-refractivity contribution is 6.39. The Morgan fingerprint density at radius 3 is 2.11 bits per heavy atom. The van der Waals surface area contributed by atoms with Gasteiger partial charge in [-0.3, -0.25) is 9.59 Å². The molecule has 18 heavy (non-hydrogen) atoms. The van der Waals surface area contributed by atoms with Gasteiger partial charge in [-0.15, -0.1) is 0 Å². The fourth-order valence-electron chi connectivity index (χ4n) is 1.70. The number of carbonyl (C=O) groups is 2. The van der Waals surface area contributed by atoms with Crippen LogP contribution in [-0.2, 0) is 9.59 Å². The lowest BCUT2D eigenvalue weighted by molar-refractivity contribution is -0.143. The van der Waals surface area contributed by atoms with Crippen molar-refractivity contribution in [2.45, 2.75) is 26.7 Å². The SMILES string of the molecule is CCCN(CCC)C(=O)C(=O)Nc1ccccc1. The summed E-state index contributed by atoms with van der Waals surface area (Å²) in [6.07, 6.45) is 1.70. The second-order valence-electron chi connectivity index (χ2n) is 4.11. The molecular weight excluding hydrogens is 228 g/mol. The number of carbonyl (C=O) groups excluding carboxylic acids is 2. The van der Waals surface area contributed by atoms with Crippen molar-refractivity contribution in [2.24, 2.45) is 0 Å². The van der Waals surface area contributed by atoms with E-state index in [1.54, 1.807) is 17.0 Å². The van der Waals surface area contributed by atoms with Gasteiger partial charge in [-0.2, -0.15) is 0 Å². The molecule has 0 aliphatic carbocycles. The summed E-state index contributed by atoms with van der Waals surface area (Å²) in [4.78, 5) is 25.3. The van der Waals surface area contributed by atoms with Crippen LogP contribution in [-0.4, -0.2) is 29.8 Å². The third-order valence-electron chi connectivity index (χ3n) is 2.50. The molecule has 0 saturated heterocycles. The topological polar surface area (TPSA) is 49.4 Å². The van der Waals surface area contributed by atoms with Crippen LogP contribution >= 0.6 is 0 Å². The van der Waals surface area contributed by atoms with Crippen molar-refractivity contribution < 1.29 is 9.59 Å². The van der Waals surface area contributed by atoms with Gasteiger partial charge in [-0.25, -0.2) is 0 Å². The third kappa shape index (κ3) is 4.20. The Kier molecular flexibility index (Phi) is 5.91. The molecule has 1 aromatic rings. The molecule has 0 fully saturated rings. The number of nitrogens with one attached hydrogen (secondary N) is 1. The molecule has 4 nitrogen and oxygen atoms in total. The quantitative estimate of drug-likeness (QED) is 0.813. The van der Waals surface area contributed by atoms with Crippen LogP contribution in [0.15, 0.2) is 30.3 Å². The first-order valence-electron chi connectivity index (χ1n) is 6.34. The fourth-order valence-corrected chi connectivity index (χ4v) is 1.70. The van der Waals surface area contributed by atoms with Crippen LogP contribution in [0.5, 0.6) is 0 Å². The highest BCUT2D eigenvalue weighted by Crippen LogP contribution is 2.05.